The van der Waals surface area contributed by atoms with Crippen molar-refractivity contribution in [2.75, 3.05) is 18.5 Å². The van der Waals surface area contributed by atoms with Gasteiger partial charge in [0, 0.05) is 17.1 Å². The number of carbonyl (C=O) groups is 1. The second-order valence-corrected chi connectivity index (χ2v) is 9.25. The number of carbonyl (C=O) groups excluding carboxylic acids is 1. The summed E-state index contributed by atoms with van der Waals surface area (Å²) in [6, 6.07) is 13.7. The number of hydrogen-bond donors (Lipinski definition) is 2. The van der Waals surface area contributed by atoms with Crippen molar-refractivity contribution in [1.82, 2.24) is 14.9 Å². The highest BCUT2D eigenvalue weighted by Gasteiger charge is 2.20. The van der Waals surface area contributed by atoms with Crippen molar-refractivity contribution < 1.29 is 17.9 Å². The van der Waals surface area contributed by atoms with Gasteiger partial charge in [-0.25, -0.2) is 13.1 Å². The highest BCUT2D eigenvalue weighted by molar-refractivity contribution is 7.91. The standard InChI is InChI=1S/C18H17ClN4O4S2/c1-12-2-8-15(9-3-12)27-11-10-20-29(25,26)18-23-22-17(28-18)21-16(24)13-4-6-14(19)7-5-13/h2-9,20H,10-11H2,1H3,(H,21,22,24). The Morgan fingerprint density at radius 3 is 2.48 bits per heavy atom. The smallest absolute Gasteiger partial charge is 0.269 e. The molecule has 8 nitrogen and oxygen atoms in total. The minimum atomic E-state index is -3.86. The summed E-state index contributed by atoms with van der Waals surface area (Å²) in [7, 11) is -3.86. The van der Waals surface area contributed by atoms with Crippen molar-refractivity contribution in [3.63, 3.8) is 0 Å². The molecule has 0 aliphatic heterocycles. The van der Waals surface area contributed by atoms with Crippen molar-refractivity contribution >= 4 is 44.0 Å². The van der Waals surface area contributed by atoms with Crippen LogP contribution in [0.3, 0.4) is 0 Å². The van der Waals surface area contributed by atoms with Crippen LogP contribution in [-0.2, 0) is 10.0 Å². The molecule has 2 N–H and O–H groups in total. The lowest BCUT2D eigenvalue weighted by atomic mass is 10.2. The minimum Gasteiger partial charge on any atom is -0.492 e. The molecule has 3 rings (SSSR count). The highest BCUT2D eigenvalue weighted by atomic mass is 35.5. The molecule has 0 aliphatic carbocycles. The topological polar surface area (TPSA) is 110 Å². The molecular formula is C18H17ClN4O4S2. The number of rotatable bonds is 8. The first kappa shape index (κ1) is 21.2. The molecule has 29 heavy (non-hydrogen) atoms. The summed E-state index contributed by atoms with van der Waals surface area (Å²) >= 11 is 6.54. The van der Waals surface area contributed by atoms with Crippen LogP contribution in [0.15, 0.2) is 52.9 Å². The first-order valence-corrected chi connectivity index (χ1v) is 11.1. The number of hydrogen-bond acceptors (Lipinski definition) is 7. The van der Waals surface area contributed by atoms with Gasteiger partial charge < -0.3 is 4.74 Å². The Morgan fingerprint density at radius 1 is 1.10 bits per heavy atom. The van der Waals surface area contributed by atoms with Crippen molar-refractivity contribution in [1.29, 1.82) is 0 Å². The van der Waals surface area contributed by atoms with Gasteiger partial charge in [0.25, 0.3) is 15.9 Å². The van der Waals surface area contributed by atoms with Crippen molar-refractivity contribution in [3.05, 3.63) is 64.7 Å². The SMILES string of the molecule is Cc1ccc(OCCNS(=O)(=O)c2nnc(NC(=O)c3ccc(Cl)cc3)s2)cc1. The van der Waals surface area contributed by atoms with Crippen LogP contribution in [0.25, 0.3) is 0 Å². The fourth-order valence-electron chi connectivity index (χ4n) is 2.18. The molecule has 0 radical (unpaired) electrons. The summed E-state index contributed by atoms with van der Waals surface area (Å²) in [4.78, 5) is 12.2. The molecule has 1 amide bonds. The van der Waals surface area contributed by atoms with E-state index in [9.17, 15) is 13.2 Å². The predicted octanol–water partition coefficient (Wildman–Crippen LogP) is 3.11. The highest BCUT2D eigenvalue weighted by Crippen LogP contribution is 2.20. The Kier molecular flexibility index (Phi) is 6.80. The first-order valence-electron chi connectivity index (χ1n) is 8.43. The molecule has 0 saturated heterocycles. The number of nitrogens with zero attached hydrogens (tertiary/aromatic N) is 2. The van der Waals surface area contributed by atoms with Crippen LogP contribution in [0, 0.1) is 6.92 Å². The lowest BCUT2D eigenvalue weighted by molar-refractivity contribution is 0.102. The monoisotopic (exact) mass is 452 g/mol. The van der Waals surface area contributed by atoms with Crippen molar-refractivity contribution in [2.45, 2.75) is 11.3 Å². The summed E-state index contributed by atoms with van der Waals surface area (Å²) in [5.74, 6) is 0.208. The van der Waals surface area contributed by atoms with Gasteiger partial charge in [0.1, 0.15) is 12.4 Å². The number of halogens is 1. The molecule has 11 heteroatoms. The number of ether oxygens (including phenoxy) is 1. The fourth-order valence-corrected chi connectivity index (χ4v) is 4.26. The summed E-state index contributed by atoms with van der Waals surface area (Å²) in [5.41, 5.74) is 1.47. The molecule has 2 aromatic carbocycles. The predicted molar refractivity (Wildman–Crippen MR) is 111 cm³/mol. The molecule has 0 saturated carbocycles. The Morgan fingerprint density at radius 2 is 1.79 bits per heavy atom. The first-order chi connectivity index (χ1) is 13.8. The van der Waals surface area contributed by atoms with Gasteiger partial charge in [0.15, 0.2) is 0 Å². The third-order valence-electron chi connectivity index (χ3n) is 3.65. The van der Waals surface area contributed by atoms with Crippen LogP contribution in [0.4, 0.5) is 5.13 Å². The van der Waals surface area contributed by atoms with E-state index < -0.39 is 15.9 Å². The maximum Gasteiger partial charge on any atom is 0.269 e. The van der Waals surface area contributed by atoms with E-state index in [0.29, 0.717) is 16.3 Å². The van der Waals surface area contributed by atoms with Crippen LogP contribution in [0.2, 0.25) is 5.02 Å². The van der Waals surface area contributed by atoms with Crippen LogP contribution in [0.1, 0.15) is 15.9 Å². The van der Waals surface area contributed by atoms with E-state index in [-0.39, 0.29) is 22.6 Å². The number of anilines is 1. The zero-order valence-electron chi connectivity index (χ0n) is 15.3. The lowest BCUT2D eigenvalue weighted by Crippen LogP contribution is -2.28. The van der Waals surface area contributed by atoms with E-state index in [1.54, 1.807) is 24.3 Å². The van der Waals surface area contributed by atoms with Gasteiger partial charge in [-0.05, 0) is 43.3 Å². The average Bonchev–Trinajstić information content (AvgIpc) is 3.16. The second-order valence-electron chi connectivity index (χ2n) is 5.89. The van der Waals surface area contributed by atoms with Gasteiger partial charge in [-0.15, -0.1) is 10.2 Å². The number of sulfonamides is 1. The van der Waals surface area contributed by atoms with Crippen LogP contribution in [-0.4, -0.2) is 37.7 Å². The van der Waals surface area contributed by atoms with Crippen LogP contribution < -0.4 is 14.8 Å². The Hall–Kier alpha value is -2.53. The van der Waals surface area contributed by atoms with Crippen LogP contribution in [0.5, 0.6) is 5.75 Å². The molecule has 0 fully saturated rings. The van der Waals surface area contributed by atoms with Gasteiger partial charge in [0.05, 0.1) is 0 Å². The Balaban J connectivity index is 1.53. The van der Waals surface area contributed by atoms with E-state index >= 15 is 0 Å². The Bertz CT molecular complexity index is 1080. The molecule has 0 aliphatic rings. The van der Waals surface area contributed by atoms with E-state index in [1.165, 1.54) is 0 Å². The summed E-state index contributed by atoms with van der Waals surface area (Å²) in [6.45, 7) is 2.18. The van der Waals surface area contributed by atoms with E-state index in [4.69, 9.17) is 16.3 Å². The third kappa shape index (κ3) is 5.97. The molecule has 152 valence electrons. The van der Waals surface area contributed by atoms with Gasteiger partial charge in [0.2, 0.25) is 9.47 Å². The van der Waals surface area contributed by atoms with E-state index in [0.717, 1.165) is 16.9 Å². The number of aryl methyl sites for hydroxylation is 1. The number of aromatic nitrogens is 2. The summed E-state index contributed by atoms with van der Waals surface area (Å²) in [6.07, 6.45) is 0. The average molecular weight is 453 g/mol. The largest absolute Gasteiger partial charge is 0.492 e. The van der Waals surface area contributed by atoms with E-state index in [2.05, 4.69) is 20.2 Å². The fraction of sp³-hybridized carbons (Fsp3) is 0.167. The third-order valence-corrected chi connectivity index (χ3v) is 6.57. The quantitative estimate of drug-likeness (QED) is 0.401. The Labute approximate surface area is 176 Å². The molecule has 3 aromatic rings. The molecule has 0 spiro atoms. The number of benzene rings is 2. The lowest BCUT2D eigenvalue weighted by Gasteiger charge is -2.07. The zero-order chi connectivity index (χ0) is 20.9. The zero-order valence-corrected chi connectivity index (χ0v) is 17.6. The van der Waals surface area contributed by atoms with Gasteiger partial charge in [-0.2, -0.15) is 0 Å². The second kappa shape index (κ2) is 9.31. The number of nitrogens with one attached hydrogen (secondary N) is 2. The maximum atomic E-state index is 12.3. The number of amides is 1. The molecular weight excluding hydrogens is 436 g/mol. The van der Waals surface area contributed by atoms with Gasteiger partial charge >= 0.3 is 0 Å². The van der Waals surface area contributed by atoms with Crippen LogP contribution >= 0.6 is 22.9 Å². The van der Waals surface area contributed by atoms with Crippen molar-refractivity contribution in [3.8, 4) is 5.75 Å². The maximum absolute atomic E-state index is 12.3. The van der Waals surface area contributed by atoms with Gasteiger partial charge in [-0.1, -0.05) is 40.6 Å². The molecule has 1 heterocycles. The molecule has 0 atom stereocenters. The molecule has 0 unspecified atom stereocenters. The normalized spacial score (nSPS) is 11.2. The van der Waals surface area contributed by atoms with Crippen molar-refractivity contribution in [2.24, 2.45) is 0 Å². The molecule has 0 bridgehead atoms. The van der Waals surface area contributed by atoms with Gasteiger partial charge in [-0.3, -0.25) is 10.1 Å². The minimum absolute atomic E-state index is 0.0578. The summed E-state index contributed by atoms with van der Waals surface area (Å²) in [5, 5.41) is 10.4. The summed E-state index contributed by atoms with van der Waals surface area (Å²) < 4.78 is 32.2. The molecule has 1 aromatic heterocycles. The van der Waals surface area contributed by atoms with E-state index in [1.807, 2.05) is 31.2 Å².